The topological polar surface area (TPSA) is 44.5 Å². The molecule has 0 radical (unpaired) electrons. The van der Waals surface area contributed by atoms with Gasteiger partial charge in [0.2, 0.25) is 0 Å². The maximum atomic E-state index is 6.41. The van der Waals surface area contributed by atoms with Crippen LogP contribution in [0.2, 0.25) is 0 Å². The van der Waals surface area contributed by atoms with Crippen molar-refractivity contribution in [2.75, 3.05) is 13.2 Å². The summed E-state index contributed by atoms with van der Waals surface area (Å²) in [6.07, 6.45) is 0.904. The van der Waals surface area contributed by atoms with Gasteiger partial charge in [-0.05, 0) is 47.9 Å². The van der Waals surface area contributed by atoms with Crippen LogP contribution < -0.4 is 15.2 Å². The van der Waals surface area contributed by atoms with Gasteiger partial charge in [-0.25, -0.2) is 0 Å². The Morgan fingerprint density at radius 2 is 1.76 bits per heavy atom. The number of nitrogens with two attached hydrogens (primary N) is 1. The van der Waals surface area contributed by atoms with Gasteiger partial charge in [-0.2, -0.15) is 0 Å². The minimum atomic E-state index is -0.182. The molecule has 3 rings (SSSR count). The number of hydrogen-bond donors (Lipinski definition) is 1. The van der Waals surface area contributed by atoms with E-state index in [9.17, 15) is 0 Å². The minimum absolute atomic E-state index is 0.182. The smallest absolute Gasteiger partial charge is 0.161 e. The van der Waals surface area contributed by atoms with E-state index in [-0.39, 0.29) is 6.04 Å². The normalized spacial score (nSPS) is 15.4. The predicted molar refractivity (Wildman–Crippen MR) is 87.0 cm³/mol. The van der Waals surface area contributed by atoms with Crippen LogP contribution in [0, 0.1) is 6.92 Å². The van der Waals surface area contributed by atoms with Crippen LogP contribution in [-0.4, -0.2) is 13.2 Å². The van der Waals surface area contributed by atoms with Crippen molar-refractivity contribution < 1.29 is 9.47 Å². The molecule has 1 aliphatic heterocycles. The fourth-order valence-electron chi connectivity index (χ4n) is 2.51. The van der Waals surface area contributed by atoms with E-state index in [1.165, 1.54) is 5.56 Å². The lowest BCUT2D eigenvalue weighted by atomic mass is 9.98. The van der Waals surface area contributed by atoms with E-state index in [1.807, 2.05) is 18.2 Å². The van der Waals surface area contributed by atoms with E-state index in [2.05, 4.69) is 41.1 Å². The highest BCUT2D eigenvalue weighted by atomic mass is 79.9. The van der Waals surface area contributed by atoms with Crippen molar-refractivity contribution in [1.29, 1.82) is 0 Å². The highest BCUT2D eigenvalue weighted by molar-refractivity contribution is 9.10. The summed E-state index contributed by atoms with van der Waals surface area (Å²) in [5.41, 5.74) is 9.70. The van der Waals surface area contributed by atoms with Crippen molar-refractivity contribution in [3.8, 4) is 11.5 Å². The van der Waals surface area contributed by atoms with E-state index in [0.29, 0.717) is 13.2 Å². The van der Waals surface area contributed by atoms with Crippen LogP contribution in [0.3, 0.4) is 0 Å². The molecule has 4 heteroatoms. The zero-order valence-corrected chi connectivity index (χ0v) is 13.5. The number of halogens is 1. The molecule has 0 spiro atoms. The van der Waals surface area contributed by atoms with Gasteiger partial charge in [0.25, 0.3) is 0 Å². The van der Waals surface area contributed by atoms with Crippen molar-refractivity contribution in [3.05, 3.63) is 57.6 Å². The number of ether oxygens (including phenoxy) is 2. The Morgan fingerprint density at radius 3 is 2.52 bits per heavy atom. The number of benzene rings is 2. The summed E-state index contributed by atoms with van der Waals surface area (Å²) in [4.78, 5) is 0. The first-order valence-corrected chi connectivity index (χ1v) is 7.85. The van der Waals surface area contributed by atoms with E-state index < -0.39 is 0 Å². The standard InChI is InChI=1S/C17H18BrNO2/c1-11-7-13(9-14(18)8-11)17(19)12-3-4-15-16(10-12)21-6-2-5-20-15/h3-4,7-10,17H,2,5-6,19H2,1H3. The lowest BCUT2D eigenvalue weighted by Crippen LogP contribution is -2.12. The molecule has 21 heavy (non-hydrogen) atoms. The van der Waals surface area contributed by atoms with Gasteiger partial charge in [0, 0.05) is 10.9 Å². The second-order valence-electron chi connectivity index (χ2n) is 5.30. The Balaban J connectivity index is 1.94. The predicted octanol–water partition coefficient (Wildman–Crippen LogP) is 3.97. The Bertz CT molecular complexity index is 637. The van der Waals surface area contributed by atoms with E-state index in [0.717, 1.165) is 33.5 Å². The van der Waals surface area contributed by atoms with Crippen molar-refractivity contribution in [2.45, 2.75) is 19.4 Å². The van der Waals surface area contributed by atoms with Gasteiger partial charge in [-0.1, -0.05) is 28.1 Å². The molecule has 0 bridgehead atoms. The molecule has 1 aliphatic rings. The van der Waals surface area contributed by atoms with E-state index in [1.54, 1.807) is 0 Å². The summed E-state index contributed by atoms with van der Waals surface area (Å²) < 4.78 is 12.4. The second-order valence-corrected chi connectivity index (χ2v) is 6.21. The lowest BCUT2D eigenvalue weighted by Gasteiger charge is -2.16. The second kappa shape index (κ2) is 6.08. The van der Waals surface area contributed by atoms with Crippen LogP contribution in [0.25, 0.3) is 0 Å². The third-order valence-corrected chi connectivity index (χ3v) is 4.01. The van der Waals surface area contributed by atoms with Crippen LogP contribution >= 0.6 is 15.9 Å². The molecule has 1 unspecified atom stereocenters. The van der Waals surface area contributed by atoms with Crippen LogP contribution in [0.4, 0.5) is 0 Å². The summed E-state index contributed by atoms with van der Waals surface area (Å²) in [6, 6.07) is 12.0. The molecule has 2 aromatic rings. The SMILES string of the molecule is Cc1cc(Br)cc(C(N)c2ccc3c(c2)OCCCO3)c1. The van der Waals surface area contributed by atoms with Gasteiger partial charge in [-0.15, -0.1) is 0 Å². The molecule has 2 N–H and O–H groups in total. The third kappa shape index (κ3) is 3.22. The van der Waals surface area contributed by atoms with Gasteiger partial charge in [0.15, 0.2) is 11.5 Å². The van der Waals surface area contributed by atoms with Gasteiger partial charge >= 0.3 is 0 Å². The molecule has 1 atom stereocenters. The first-order valence-electron chi connectivity index (χ1n) is 7.06. The molecular formula is C17H18BrNO2. The Labute approximate surface area is 133 Å². The molecule has 3 nitrogen and oxygen atoms in total. The minimum Gasteiger partial charge on any atom is -0.490 e. The van der Waals surface area contributed by atoms with Gasteiger partial charge in [-0.3, -0.25) is 0 Å². The first-order chi connectivity index (χ1) is 10.1. The zero-order chi connectivity index (χ0) is 14.8. The Morgan fingerprint density at radius 1 is 1.00 bits per heavy atom. The summed E-state index contributed by atoms with van der Waals surface area (Å²) >= 11 is 3.52. The van der Waals surface area contributed by atoms with Crippen molar-refractivity contribution >= 4 is 15.9 Å². The zero-order valence-electron chi connectivity index (χ0n) is 11.9. The summed E-state index contributed by atoms with van der Waals surface area (Å²) in [7, 11) is 0. The van der Waals surface area contributed by atoms with Crippen LogP contribution in [0.15, 0.2) is 40.9 Å². The maximum Gasteiger partial charge on any atom is 0.161 e. The largest absolute Gasteiger partial charge is 0.490 e. The lowest BCUT2D eigenvalue weighted by molar-refractivity contribution is 0.297. The third-order valence-electron chi connectivity index (χ3n) is 3.55. The highest BCUT2D eigenvalue weighted by Crippen LogP contribution is 2.33. The molecule has 0 saturated heterocycles. The van der Waals surface area contributed by atoms with Gasteiger partial charge in [0.05, 0.1) is 19.3 Å². The molecular weight excluding hydrogens is 330 g/mol. The molecule has 0 saturated carbocycles. The quantitative estimate of drug-likeness (QED) is 0.893. The average molecular weight is 348 g/mol. The first kappa shape index (κ1) is 14.4. The summed E-state index contributed by atoms with van der Waals surface area (Å²) in [5.74, 6) is 1.58. The monoisotopic (exact) mass is 347 g/mol. The fourth-order valence-corrected chi connectivity index (χ4v) is 3.14. The van der Waals surface area contributed by atoms with Crippen molar-refractivity contribution in [3.63, 3.8) is 0 Å². The molecule has 1 heterocycles. The summed E-state index contributed by atoms with van der Waals surface area (Å²) in [5, 5.41) is 0. The van der Waals surface area contributed by atoms with Crippen LogP contribution in [0.1, 0.15) is 29.2 Å². The van der Waals surface area contributed by atoms with Crippen molar-refractivity contribution in [2.24, 2.45) is 5.73 Å². The molecule has 110 valence electrons. The molecule has 0 aromatic heterocycles. The number of hydrogen-bond acceptors (Lipinski definition) is 3. The number of rotatable bonds is 2. The van der Waals surface area contributed by atoms with Gasteiger partial charge in [0.1, 0.15) is 0 Å². The number of aryl methyl sites for hydroxylation is 1. The molecule has 0 amide bonds. The highest BCUT2D eigenvalue weighted by Gasteiger charge is 2.15. The molecule has 2 aromatic carbocycles. The molecule has 0 fully saturated rings. The summed E-state index contributed by atoms with van der Waals surface area (Å²) in [6.45, 7) is 3.44. The van der Waals surface area contributed by atoms with Crippen molar-refractivity contribution in [1.82, 2.24) is 0 Å². The van der Waals surface area contributed by atoms with Gasteiger partial charge < -0.3 is 15.2 Å². The Kier molecular flexibility index (Phi) is 4.17. The number of fused-ring (bicyclic) bond motifs is 1. The van der Waals surface area contributed by atoms with Crippen LogP contribution in [0.5, 0.6) is 11.5 Å². The Hall–Kier alpha value is -1.52. The maximum absolute atomic E-state index is 6.41. The average Bonchev–Trinajstić information content (AvgIpc) is 2.69. The van der Waals surface area contributed by atoms with E-state index >= 15 is 0 Å². The molecule has 0 aliphatic carbocycles. The fraction of sp³-hybridized carbons (Fsp3) is 0.294. The van der Waals surface area contributed by atoms with E-state index in [4.69, 9.17) is 15.2 Å². The van der Waals surface area contributed by atoms with Crippen LogP contribution in [-0.2, 0) is 0 Å².